The molecular formula is C29H34FN3O4S. The zero-order valence-electron chi connectivity index (χ0n) is 22.1. The lowest BCUT2D eigenvalue weighted by Crippen LogP contribution is -2.52. The highest BCUT2D eigenvalue weighted by Crippen LogP contribution is 2.25. The zero-order valence-corrected chi connectivity index (χ0v) is 22.9. The highest BCUT2D eigenvalue weighted by Gasteiger charge is 2.33. The zero-order chi connectivity index (χ0) is 27.9. The van der Waals surface area contributed by atoms with Crippen LogP contribution in [0.1, 0.15) is 38.3 Å². The van der Waals surface area contributed by atoms with Gasteiger partial charge >= 0.3 is 0 Å². The molecule has 0 saturated carbocycles. The number of hydrogen-bond donors (Lipinski definition) is 1. The topological polar surface area (TPSA) is 86.8 Å². The Morgan fingerprint density at radius 2 is 1.53 bits per heavy atom. The first-order chi connectivity index (χ1) is 18.0. The van der Waals surface area contributed by atoms with Crippen molar-refractivity contribution in [2.75, 3.05) is 10.8 Å². The summed E-state index contributed by atoms with van der Waals surface area (Å²) in [5.41, 5.74) is 1.41. The molecule has 3 aromatic carbocycles. The van der Waals surface area contributed by atoms with Crippen molar-refractivity contribution in [1.82, 2.24) is 10.2 Å². The Bertz CT molecular complexity index is 1350. The van der Waals surface area contributed by atoms with Gasteiger partial charge in [0, 0.05) is 18.2 Å². The summed E-state index contributed by atoms with van der Waals surface area (Å²) < 4.78 is 43.0. The summed E-state index contributed by atoms with van der Waals surface area (Å²) >= 11 is 0. The van der Waals surface area contributed by atoms with Gasteiger partial charge in [-0.1, -0.05) is 61.0 Å². The molecule has 0 saturated heterocycles. The number of halogens is 1. The van der Waals surface area contributed by atoms with Gasteiger partial charge in [0.25, 0.3) is 10.0 Å². The molecule has 0 aliphatic rings. The normalized spacial score (nSPS) is 12.9. The van der Waals surface area contributed by atoms with E-state index >= 15 is 0 Å². The van der Waals surface area contributed by atoms with E-state index in [1.54, 1.807) is 55.5 Å². The quantitative estimate of drug-likeness (QED) is 0.384. The number of carbonyl (C=O) groups excluding carboxylic acids is 2. The first-order valence-corrected chi connectivity index (χ1v) is 14.0. The van der Waals surface area contributed by atoms with Crippen molar-refractivity contribution in [1.29, 1.82) is 0 Å². The first-order valence-electron chi connectivity index (χ1n) is 12.5. The van der Waals surface area contributed by atoms with E-state index in [0.29, 0.717) is 12.1 Å². The minimum Gasteiger partial charge on any atom is -0.352 e. The van der Waals surface area contributed by atoms with Crippen LogP contribution in [-0.4, -0.2) is 43.8 Å². The van der Waals surface area contributed by atoms with Crippen LogP contribution in [0.2, 0.25) is 0 Å². The predicted octanol–water partition coefficient (Wildman–Crippen LogP) is 4.66. The molecule has 7 nitrogen and oxygen atoms in total. The van der Waals surface area contributed by atoms with Crippen molar-refractivity contribution in [3.8, 4) is 0 Å². The van der Waals surface area contributed by atoms with E-state index in [1.807, 2.05) is 20.8 Å². The van der Waals surface area contributed by atoms with E-state index in [4.69, 9.17) is 0 Å². The number of nitrogens with one attached hydrogen (secondary N) is 1. The maximum Gasteiger partial charge on any atom is 0.264 e. The number of anilines is 1. The molecule has 0 spiro atoms. The number of hydrogen-bond acceptors (Lipinski definition) is 4. The Labute approximate surface area is 224 Å². The molecule has 3 rings (SSSR count). The van der Waals surface area contributed by atoms with Gasteiger partial charge in [-0.25, -0.2) is 12.8 Å². The Hall–Kier alpha value is -3.72. The van der Waals surface area contributed by atoms with Gasteiger partial charge in [-0.2, -0.15) is 0 Å². The maximum absolute atomic E-state index is 14.6. The number of rotatable bonds is 11. The van der Waals surface area contributed by atoms with E-state index in [1.165, 1.54) is 35.2 Å². The van der Waals surface area contributed by atoms with E-state index in [0.717, 1.165) is 9.87 Å². The van der Waals surface area contributed by atoms with Gasteiger partial charge in [0.15, 0.2) is 0 Å². The molecule has 3 aromatic rings. The van der Waals surface area contributed by atoms with Crippen molar-refractivity contribution in [2.24, 2.45) is 0 Å². The van der Waals surface area contributed by atoms with Crippen LogP contribution in [-0.2, 0) is 26.2 Å². The van der Waals surface area contributed by atoms with Crippen LogP contribution in [0.3, 0.4) is 0 Å². The van der Waals surface area contributed by atoms with Crippen molar-refractivity contribution >= 4 is 27.5 Å². The van der Waals surface area contributed by atoms with Crippen molar-refractivity contribution in [3.05, 3.63) is 95.8 Å². The molecule has 1 N–H and O–H groups in total. The van der Waals surface area contributed by atoms with Crippen molar-refractivity contribution < 1.29 is 22.4 Å². The summed E-state index contributed by atoms with van der Waals surface area (Å²) in [4.78, 5) is 28.1. The molecule has 0 radical (unpaired) electrons. The average molecular weight is 540 g/mol. The SMILES string of the molecule is CC[C@H](C)NC(=O)[C@H](C)N(Cc1ccccc1F)C(=O)CN(c1ccccc1)S(=O)(=O)c1ccc(C)cc1. The van der Waals surface area contributed by atoms with Crippen LogP contribution in [0.5, 0.6) is 0 Å². The van der Waals surface area contributed by atoms with E-state index in [2.05, 4.69) is 5.32 Å². The Morgan fingerprint density at radius 3 is 2.13 bits per heavy atom. The van der Waals surface area contributed by atoms with Gasteiger partial charge < -0.3 is 10.2 Å². The van der Waals surface area contributed by atoms with Gasteiger partial charge in [0.05, 0.1) is 10.6 Å². The number of para-hydroxylation sites is 1. The van der Waals surface area contributed by atoms with Crippen LogP contribution >= 0.6 is 0 Å². The molecular weight excluding hydrogens is 505 g/mol. The Morgan fingerprint density at radius 1 is 0.921 bits per heavy atom. The minimum absolute atomic E-state index is 0.0305. The fourth-order valence-corrected chi connectivity index (χ4v) is 5.23. The molecule has 202 valence electrons. The highest BCUT2D eigenvalue weighted by molar-refractivity contribution is 7.92. The summed E-state index contributed by atoms with van der Waals surface area (Å²) in [7, 11) is -4.14. The number of amides is 2. The summed E-state index contributed by atoms with van der Waals surface area (Å²) in [6.07, 6.45) is 0.691. The molecule has 2 atom stereocenters. The molecule has 0 aromatic heterocycles. The van der Waals surface area contributed by atoms with Crippen LogP contribution in [0, 0.1) is 12.7 Å². The Balaban J connectivity index is 2.01. The summed E-state index contributed by atoms with van der Waals surface area (Å²) in [6, 6.07) is 19.5. The molecule has 0 aliphatic carbocycles. The maximum atomic E-state index is 14.6. The van der Waals surface area contributed by atoms with Crippen LogP contribution in [0.15, 0.2) is 83.8 Å². The second-order valence-corrected chi connectivity index (χ2v) is 11.1. The minimum atomic E-state index is -4.14. The third-order valence-corrected chi connectivity index (χ3v) is 8.19. The molecule has 9 heteroatoms. The summed E-state index contributed by atoms with van der Waals surface area (Å²) in [5.74, 6) is -1.57. The molecule has 38 heavy (non-hydrogen) atoms. The summed E-state index contributed by atoms with van der Waals surface area (Å²) in [5, 5.41) is 2.85. The smallest absolute Gasteiger partial charge is 0.264 e. The molecule has 0 bridgehead atoms. The Kier molecular flexibility index (Phi) is 9.63. The number of nitrogens with zero attached hydrogens (tertiary/aromatic N) is 2. The van der Waals surface area contributed by atoms with Gasteiger partial charge in [-0.05, 0) is 57.5 Å². The molecule has 0 heterocycles. The average Bonchev–Trinajstić information content (AvgIpc) is 2.91. The van der Waals surface area contributed by atoms with Crippen molar-refractivity contribution in [3.63, 3.8) is 0 Å². The van der Waals surface area contributed by atoms with Gasteiger partial charge in [0.1, 0.15) is 18.4 Å². The summed E-state index contributed by atoms with van der Waals surface area (Å²) in [6.45, 7) is 6.40. The monoisotopic (exact) mass is 539 g/mol. The van der Waals surface area contributed by atoms with Gasteiger partial charge in [0.2, 0.25) is 11.8 Å². The van der Waals surface area contributed by atoms with Gasteiger partial charge in [-0.3, -0.25) is 13.9 Å². The second kappa shape index (κ2) is 12.7. The third-order valence-electron chi connectivity index (χ3n) is 6.40. The number of sulfonamides is 1. The largest absolute Gasteiger partial charge is 0.352 e. The third kappa shape index (κ3) is 6.98. The fraction of sp³-hybridized carbons (Fsp3) is 0.310. The standard InChI is InChI=1S/C29H34FN3O4S/c1-5-22(3)31-29(35)23(4)32(19-24-11-9-10-14-27(24)30)28(34)20-33(25-12-7-6-8-13-25)38(36,37)26-17-15-21(2)16-18-26/h6-18,22-23H,5,19-20H2,1-4H3,(H,31,35)/t22-,23-/m0/s1. The van der Waals surface area contributed by atoms with E-state index < -0.39 is 40.2 Å². The lowest BCUT2D eigenvalue weighted by Gasteiger charge is -2.32. The molecule has 0 unspecified atom stereocenters. The van der Waals surface area contributed by atoms with Crippen LogP contribution in [0.25, 0.3) is 0 Å². The molecule has 0 fully saturated rings. The predicted molar refractivity (Wildman–Crippen MR) is 146 cm³/mol. The fourth-order valence-electron chi connectivity index (χ4n) is 3.82. The van der Waals surface area contributed by atoms with Gasteiger partial charge in [-0.15, -0.1) is 0 Å². The second-order valence-electron chi connectivity index (χ2n) is 9.27. The molecule has 0 aliphatic heterocycles. The van der Waals surface area contributed by atoms with Crippen LogP contribution in [0.4, 0.5) is 10.1 Å². The van der Waals surface area contributed by atoms with Crippen LogP contribution < -0.4 is 9.62 Å². The number of aryl methyl sites for hydroxylation is 1. The van der Waals surface area contributed by atoms with E-state index in [9.17, 15) is 22.4 Å². The lowest BCUT2D eigenvalue weighted by atomic mass is 10.1. The number of benzene rings is 3. The molecule has 2 amide bonds. The first kappa shape index (κ1) is 28.8. The highest BCUT2D eigenvalue weighted by atomic mass is 32.2. The van der Waals surface area contributed by atoms with E-state index in [-0.39, 0.29) is 23.0 Å². The van der Waals surface area contributed by atoms with Crippen molar-refractivity contribution in [2.45, 2.75) is 57.6 Å². The number of carbonyl (C=O) groups is 2. The lowest BCUT2D eigenvalue weighted by molar-refractivity contribution is -0.139.